The number of amides is 1. The number of aromatic nitrogens is 1. The summed E-state index contributed by atoms with van der Waals surface area (Å²) < 4.78 is 4.97. The monoisotopic (exact) mass is 498 g/mol. The smallest absolute Gasteiger partial charge is 0.341 e. The summed E-state index contributed by atoms with van der Waals surface area (Å²) >= 11 is 13.6. The molecular weight excluding hydrogens is 479 g/mol. The number of rotatable bonds is 5. The minimum Gasteiger partial charge on any atom is -0.465 e. The van der Waals surface area contributed by atoms with Gasteiger partial charge in [0, 0.05) is 15.8 Å². The standard InChI is InChI=1S/C25H20Cl2N2O3S/c1-4-15-13(2)33-24(22(15)25(31)32-3)29-23(30)17-12-21(14-9-10-18(26)19(27)11-14)28-20-8-6-5-7-16(17)20/h5-12H,4H2,1-3H3,(H,29,30). The van der Waals surface area contributed by atoms with E-state index < -0.39 is 5.97 Å². The molecule has 4 aromatic rings. The number of halogens is 2. The first-order chi connectivity index (χ1) is 15.8. The number of nitrogens with one attached hydrogen (secondary N) is 1. The Morgan fingerprint density at radius 1 is 1.09 bits per heavy atom. The fourth-order valence-corrected chi connectivity index (χ4v) is 5.17. The average molecular weight is 499 g/mol. The lowest BCUT2D eigenvalue weighted by atomic mass is 10.0. The van der Waals surface area contributed by atoms with Crippen LogP contribution in [-0.2, 0) is 11.2 Å². The van der Waals surface area contributed by atoms with Crippen LogP contribution >= 0.6 is 34.5 Å². The molecule has 2 heterocycles. The van der Waals surface area contributed by atoms with Gasteiger partial charge in [-0.15, -0.1) is 11.3 Å². The molecule has 33 heavy (non-hydrogen) atoms. The van der Waals surface area contributed by atoms with Crippen LogP contribution in [0.4, 0.5) is 5.00 Å². The molecule has 5 nitrogen and oxygen atoms in total. The summed E-state index contributed by atoms with van der Waals surface area (Å²) in [6.45, 7) is 3.89. The Morgan fingerprint density at radius 3 is 2.55 bits per heavy atom. The van der Waals surface area contributed by atoms with Crippen LogP contribution in [0.15, 0.2) is 48.5 Å². The van der Waals surface area contributed by atoms with Crippen molar-refractivity contribution in [1.29, 1.82) is 0 Å². The number of esters is 1. The van der Waals surface area contributed by atoms with Gasteiger partial charge in [-0.2, -0.15) is 0 Å². The van der Waals surface area contributed by atoms with E-state index >= 15 is 0 Å². The summed E-state index contributed by atoms with van der Waals surface area (Å²) in [6, 6.07) is 14.3. The lowest BCUT2D eigenvalue weighted by Crippen LogP contribution is -2.15. The molecule has 168 valence electrons. The second-order valence-corrected chi connectivity index (χ2v) is 9.38. The summed E-state index contributed by atoms with van der Waals surface area (Å²) in [7, 11) is 1.33. The zero-order valence-corrected chi connectivity index (χ0v) is 20.5. The average Bonchev–Trinajstić information content (AvgIpc) is 3.13. The van der Waals surface area contributed by atoms with E-state index in [4.69, 9.17) is 32.9 Å². The third-order valence-electron chi connectivity index (χ3n) is 5.36. The van der Waals surface area contributed by atoms with Crippen molar-refractivity contribution >= 4 is 62.3 Å². The molecule has 0 atom stereocenters. The lowest BCUT2D eigenvalue weighted by Gasteiger charge is -2.11. The summed E-state index contributed by atoms with van der Waals surface area (Å²) in [5.74, 6) is -0.813. The number of methoxy groups -OCH3 is 1. The largest absolute Gasteiger partial charge is 0.465 e. The Hall–Kier alpha value is -2.93. The van der Waals surface area contributed by atoms with Gasteiger partial charge >= 0.3 is 5.97 Å². The summed E-state index contributed by atoms with van der Waals surface area (Å²) in [5.41, 5.74) is 3.69. The Bertz CT molecular complexity index is 1400. The Labute approximate surface area is 205 Å². The van der Waals surface area contributed by atoms with Crippen LogP contribution in [0, 0.1) is 6.92 Å². The number of hydrogen-bond acceptors (Lipinski definition) is 5. The number of para-hydroxylation sites is 1. The van der Waals surface area contributed by atoms with Crippen molar-refractivity contribution in [3.63, 3.8) is 0 Å². The molecule has 0 aliphatic rings. The Balaban J connectivity index is 1.82. The van der Waals surface area contributed by atoms with Crippen molar-refractivity contribution in [2.75, 3.05) is 12.4 Å². The maximum Gasteiger partial charge on any atom is 0.341 e. The van der Waals surface area contributed by atoms with Gasteiger partial charge in [-0.05, 0) is 43.2 Å². The van der Waals surface area contributed by atoms with Crippen LogP contribution in [0.1, 0.15) is 38.1 Å². The topological polar surface area (TPSA) is 68.3 Å². The number of nitrogens with zero attached hydrogens (tertiary/aromatic N) is 1. The number of pyridine rings is 1. The molecule has 0 spiro atoms. The molecule has 0 aliphatic carbocycles. The van der Waals surface area contributed by atoms with Gasteiger partial charge in [0.05, 0.1) is 39.5 Å². The van der Waals surface area contributed by atoms with Gasteiger partial charge < -0.3 is 10.1 Å². The first-order valence-electron chi connectivity index (χ1n) is 10.2. The molecule has 0 aliphatic heterocycles. The number of benzene rings is 2. The van der Waals surface area contributed by atoms with Gasteiger partial charge in [0.15, 0.2) is 0 Å². The van der Waals surface area contributed by atoms with Crippen molar-refractivity contribution in [1.82, 2.24) is 4.98 Å². The fraction of sp³-hybridized carbons (Fsp3) is 0.160. The lowest BCUT2D eigenvalue weighted by molar-refractivity contribution is 0.0601. The number of carbonyl (C=O) groups is 2. The van der Waals surface area contributed by atoms with Gasteiger partial charge in [0.1, 0.15) is 5.00 Å². The third-order valence-corrected chi connectivity index (χ3v) is 7.16. The maximum absolute atomic E-state index is 13.5. The molecule has 0 saturated heterocycles. The highest BCUT2D eigenvalue weighted by Gasteiger charge is 2.24. The predicted molar refractivity (Wildman–Crippen MR) is 135 cm³/mol. The first-order valence-corrected chi connectivity index (χ1v) is 11.8. The van der Waals surface area contributed by atoms with Crippen molar-refractivity contribution in [3.8, 4) is 11.3 Å². The first kappa shape index (κ1) is 23.2. The molecule has 1 amide bonds. The van der Waals surface area contributed by atoms with Gasteiger partial charge in [0.2, 0.25) is 0 Å². The number of hydrogen-bond donors (Lipinski definition) is 1. The molecular formula is C25H20Cl2N2O3S. The second kappa shape index (κ2) is 9.51. The number of carbonyl (C=O) groups excluding carboxylic acids is 2. The molecule has 0 fully saturated rings. The highest BCUT2D eigenvalue weighted by Crippen LogP contribution is 2.35. The quantitative estimate of drug-likeness (QED) is 0.296. The van der Waals surface area contributed by atoms with E-state index in [1.807, 2.05) is 38.1 Å². The van der Waals surface area contributed by atoms with Crippen LogP contribution < -0.4 is 5.32 Å². The number of ether oxygens (including phenoxy) is 1. The van der Waals surface area contributed by atoms with Crippen LogP contribution in [0.2, 0.25) is 10.0 Å². The van der Waals surface area contributed by atoms with Crippen molar-refractivity contribution in [3.05, 3.63) is 80.1 Å². The Kier molecular flexibility index (Phi) is 6.70. The van der Waals surface area contributed by atoms with Crippen molar-refractivity contribution in [2.24, 2.45) is 0 Å². The number of aryl methyl sites for hydroxylation is 1. The highest BCUT2D eigenvalue weighted by molar-refractivity contribution is 7.16. The van der Waals surface area contributed by atoms with E-state index in [2.05, 4.69) is 5.32 Å². The van der Waals surface area contributed by atoms with Gasteiger partial charge in [-0.1, -0.05) is 54.4 Å². The normalized spacial score (nSPS) is 10.9. The molecule has 0 bridgehead atoms. The van der Waals surface area contributed by atoms with E-state index in [9.17, 15) is 9.59 Å². The van der Waals surface area contributed by atoms with Crippen LogP contribution in [0.25, 0.3) is 22.2 Å². The molecule has 0 radical (unpaired) electrons. The molecule has 1 N–H and O–H groups in total. The molecule has 2 aromatic carbocycles. The van der Waals surface area contributed by atoms with E-state index in [1.54, 1.807) is 24.3 Å². The van der Waals surface area contributed by atoms with Crippen molar-refractivity contribution in [2.45, 2.75) is 20.3 Å². The number of fused-ring (bicyclic) bond motifs is 1. The molecule has 0 saturated carbocycles. The molecule has 8 heteroatoms. The van der Waals surface area contributed by atoms with Crippen molar-refractivity contribution < 1.29 is 14.3 Å². The number of thiophene rings is 1. The number of anilines is 1. The second-order valence-electron chi connectivity index (χ2n) is 7.34. The summed E-state index contributed by atoms with van der Waals surface area (Å²) in [5, 5.41) is 4.94. The van der Waals surface area contributed by atoms with E-state index in [1.165, 1.54) is 18.4 Å². The summed E-state index contributed by atoms with van der Waals surface area (Å²) in [6.07, 6.45) is 0.655. The van der Waals surface area contributed by atoms with E-state index in [0.717, 1.165) is 16.0 Å². The zero-order chi connectivity index (χ0) is 23.7. The van der Waals surface area contributed by atoms with Crippen LogP contribution in [-0.4, -0.2) is 24.0 Å². The Morgan fingerprint density at radius 2 is 1.85 bits per heavy atom. The molecule has 4 rings (SSSR count). The predicted octanol–water partition coefficient (Wildman–Crippen LogP) is 7.18. The van der Waals surface area contributed by atoms with E-state index in [-0.39, 0.29) is 5.91 Å². The van der Waals surface area contributed by atoms with Gasteiger partial charge in [-0.3, -0.25) is 4.79 Å². The van der Waals surface area contributed by atoms with Crippen LogP contribution in [0.5, 0.6) is 0 Å². The highest BCUT2D eigenvalue weighted by atomic mass is 35.5. The minimum atomic E-state index is -0.470. The fourth-order valence-electron chi connectivity index (χ4n) is 3.75. The molecule has 2 aromatic heterocycles. The zero-order valence-electron chi connectivity index (χ0n) is 18.2. The third kappa shape index (κ3) is 4.47. The summed E-state index contributed by atoms with van der Waals surface area (Å²) in [4.78, 5) is 31.6. The van der Waals surface area contributed by atoms with Gasteiger partial charge in [-0.25, -0.2) is 9.78 Å². The van der Waals surface area contributed by atoms with E-state index in [0.29, 0.717) is 49.2 Å². The maximum atomic E-state index is 13.5. The van der Waals surface area contributed by atoms with Gasteiger partial charge in [0.25, 0.3) is 5.91 Å². The van der Waals surface area contributed by atoms with Crippen LogP contribution in [0.3, 0.4) is 0 Å². The SMILES string of the molecule is CCc1c(C)sc(NC(=O)c2cc(-c3ccc(Cl)c(Cl)c3)nc3ccccc23)c1C(=O)OC. The minimum absolute atomic E-state index is 0.344. The molecule has 0 unspecified atom stereocenters.